The van der Waals surface area contributed by atoms with E-state index in [1.54, 1.807) is 0 Å². The molecule has 1 aromatic carbocycles. The zero-order valence-corrected chi connectivity index (χ0v) is 21.4. The van der Waals surface area contributed by atoms with E-state index in [1.165, 1.54) is 13.8 Å². The number of amides is 2. The van der Waals surface area contributed by atoms with E-state index >= 15 is 4.39 Å². The highest BCUT2D eigenvalue weighted by atomic mass is 19.4. The molecule has 0 radical (unpaired) electrons. The maximum absolute atomic E-state index is 15.2. The summed E-state index contributed by atoms with van der Waals surface area (Å²) in [5, 5.41) is 0. The van der Waals surface area contributed by atoms with Crippen molar-refractivity contribution in [2.45, 2.75) is 38.9 Å². The zero-order chi connectivity index (χ0) is 28.3. The van der Waals surface area contributed by atoms with Crippen LogP contribution in [-0.4, -0.2) is 67.1 Å². The number of carbonyl (C=O) groups excluding carboxylic acids is 2. The van der Waals surface area contributed by atoms with E-state index in [2.05, 4.69) is 16.8 Å². The molecule has 2 fully saturated rings. The molecule has 2 saturated heterocycles. The summed E-state index contributed by atoms with van der Waals surface area (Å²) < 4.78 is 74.8. The van der Waals surface area contributed by atoms with E-state index < -0.39 is 41.2 Å². The van der Waals surface area contributed by atoms with Crippen molar-refractivity contribution in [1.82, 2.24) is 9.88 Å². The minimum absolute atomic E-state index is 0.0109. The summed E-state index contributed by atoms with van der Waals surface area (Å²) in [6.07, 6.45) is -4.83. The van der Waals surface area contributed by atoms with Crippen molar-refractivity contribution in [2.75, 3.05) is 49.2 Å². The number of halogens is 5. The van der Waals surface area contributed by atoms with Gasteiger partial charge >= 0.3 is 6.18 Å². The van der Waals surface area contributed by atoms with E-state index in [9.17, 15) is 27.2 Å². The maximum Gasteiger partial charge on any atom is 0.416 e. The number of morpholine rings is 1. The molecule has 0 spiro atoms. The molecule has 0 N–H and O–H groups in total. The number of ether oxygens (including phenoxy) is 1. The van der Waals surface area contributed by atoms with Crippen LogP contribution in [0.3, 0.4) is 0 Å². The van der Waals surface area contributed by atoms with Crippen molar-refractivity contribution in [2.24, 2.45) is 0 Å². The first-order valence-corrected chi connectivity index (χ1v) is 12.4. The molecule has 2 aliphatic heterocycles. The third-order valence-corrected chi connectivity index (χ3v) is 6.64. The Bertz CT molecular complexity index is 1310. The van der Waals surface area contributed by atoms with Gasteiger partial charge in [0.15, 0.2) is 5.82 Å². The van der Waals surface area contributed by atoms with Gasteiger partial charge in [0, 0.05) is 30.8 Å². The van der Waals surface area contributed by atoms with Crippen LogP contribution in [0.15, 0.2) is 24.3 Å². The third kappa shape index (κ3) is 6.37. The van der Waals surface area contributed by atoms with E-state index in [0.29, 0.717) is 38.9 Å². The minimum Gasteiger partial charge on any atom is -0.379 e. The van der Waals surface area contributed by atoms with E-state index in [4.69, 9.17) is 4.74 Å². The van der Waals surface area contributed by atoms with Gasteiger partial charge in [0.2, 0.25) is 5.91 Å². The molecule has 1 aromatic heterocycles. The summed E-state index contributed by atoms with van der Waals surface area (Å²) in [5.74, 6) is 2.34. The molecule has 0 aliphatic carbocycles. The SMILES string of the molecule is Cc1cc(C(F)(F)F)cc(N2C(=O)CC[C@H]2C(=O)N(CC#CCN2CCOCC2)c2ccc(F)c(C)c2F)n1. The number of nitrogens with zero attached hydrogens (tertiary/aromatic N) is 4. The first-order valence-electron chi connectivity index (χ1n) is 12.4. The van der Waals surface area contributed by atoms with Gasteiger partial charge in [-0.2, -0.15) is 13.2 Å². The van der Waals surface area contributed by atoms with Gasteiger partial charge in [0.25, 0.3) is 5.91 Å². The highest BCUT2D eigenvalue weighted by Crippen LogP contribution is 2.35. The average Bonchev–Trinajstić information content (AvgIpc) is 3.29. The second-order valence-corrected chi connectivity index (χ2v) is 9.34. The summed E-state index contributed by atoms with van der Waals surface area (Å²) in [5.41, 5.74) is -1.55. The minimum atomic E-state index is -4.69. The van der Waals surface area contributed by atoms with Crippen LogP contribution in [0.5, 0.6) is 0 Å². The number of rotatable bonds is 5. The Labute approximate surface area is 222 Å². The van der Waals surface area contributed by atoms with Gasteiger partial charge in [0.1, 0.15) is 17.7 Å². The predicted octanol–water partition coefficient (Wildman–Crippen LogP) is 3.86. The maximum atomic E-state index is 15.2. The molecule has 4 rings (SSSR count). The quantitative estimate of drug-likeness (QED) is 0.418. The Morgan fingerprint density at radius 2 is 1.87 bits per heavy atom. The number of hydrogen-bond donors (Lipinski definition) is 0. The van der Waals surface area contributed by atoms with Crippen molar-refractivity contribution in [1.29, 1.82) is 0 Å². The number of aryl methyl sites for hydroxylation is 1. The van der Waals surface area contributed by atoms with Crippen molar-refractivity contribution in [3.8, 4) is 11.8 Å². The summed E-state index contributed by atoms with van der Waals surface area (Å²) in [6.45, 7) is 5.19. The highest BCUT2D eigenvalue weighted by molar-refractivity contribution is 6.08. The molecule has 39 heavy (non-hydrogen) atoms. The third-order valence-electron chi connectivity index (χ3n) is 6.64. The Morgan fingerprint density at radius 3 is 2.56 bits per heavy atom. The molecule has 0 saturated carbocycles. The summed E-state index contributed by atoms with van der Waals surface area (Å²) in [7, 11) is 0. The Kier molecular flexibility index (Phi) is 8.51. The topological polar surface area (TPSA) is 66.0 Å². The lowest BCUT2D eigenvalue weighted by atomic mass is 10.1. The molecule has 2 amide bonds. The second-order valence-electron chi connectivity index (χ2n) is 9.34. The van der Waals surface area contributed by atoms with Gasteiger partial charge in [-0.1, -0.05) is 11.8 Å². The molecule has 0 unspecified atom stereocenters. The normalized spacial score (nSPS) is 18.2. The smallest absolute Gasteiger partial charge is 0.379 e. The molecule has 208 valence electrons. The van der Waals surface area contributed by atoms with Crippen molar-refractivity contribution in [3.63, 3.8) is 0 Å². The van der Waals surface area contributed by atoms with E-state index in [1.807, 2.05) is 4.90 Å². The van der Waals surface area contributed by atoms with Crippen molar-refractivity contribution in [3.05, 3.63) is 52.7 Å². The number of anilines is 2. The first-order chi connectivity index (χ1) is 18.5. The lowest BCUT2D eigenvalue weighted by molar-refractivity contribution is -0.137. The lowest BCUT2D eigenvalue weighted by Gasteiger charge is -2.30. The average molecular weight is 551 g/mol. The van der Waals surface area contributed by atoms with Gasteiger partial charge in [-0.15, -0.1) is 0 Å². The number of carbonyl (C=O) groups is 2. The van der Waals surface area contributed by atoms with E-state index in [0.717, 1.165) is 28.0 Å². The van der Waals surface area contributed by atoms with Crippen LogP contribution >= 0.6 is 0 Å². The molecular formula is C27H27F5N4O3. The van der Waals surface area contributed by atoms with Gasteiger partial charge in [0.05, 0.1) is 37.6 Å². The Morgan fingerprint density at radius 1 is 1.15 bits per heavy atom. The molecule has 12 heteroatoms. The van der Waals surface area contributed by atoms with Crippen LogP contribution in [0.2, 0.25) is 0 Å². The van der Waals surface area contributed by atoms with Gasteiger partial charge in [-0.05, 0) is 44.5 Å². The zero-order valence-electron chi connectivity index (χ0n) is 21.4. The monoisotopic (exact) mass is 550 g/mol. The lowest BCUT2D eigenvalue weighted by Crippen LogP contribution is -2.48. The first kappa shape index (κ1) is 28.4. The Hall–Kier alpha value is -3.56. The number of hydrogen-bond acceptors (Lipinski definition) is 5. The summed E-state index contributed by atoms with van der Waals surface area (Å²) >= 11 is 0. The molecule has 3 heterocycles. The van der Waals surface area contributed by atoms with Gasteiger partial charge in [-0.3, -0.25) is 24.3 Å². The predicted molar refractivity (Wildman–Crippen MR) is 133 cm³/mol. The van der Waals surface area contributed by atoms with Gasteiger partial charge < -0.3 is 4.74 Å². The number of benzene rings is 1. The van der Waals surface area contributed by atoms with Gasteiger partial charge in [-0.25, -0.2) is 13.8 Å². The standard InChI is InChI=1S/C27H27F5N4O3/c1-17-15-19(27(30,31)32)16-23(33-17)36-22(7-8-24(36)37)26(38)35(21-6-5-20(28)18(2)25(21)29)10-4-3-9-34-11-13-39-14-12-34/h5-6,15-16,22H,7-14H2,1-2H3/t22-/m0/s1. The van der Waals surface area contributed by atoms with Crippen LogP contribution in [0.1, 0.15) is 29.7 Å². The fraction of sp³-hybridized carbons (Fsp3) is 0.444. The summed E-state index contributed by atoms with van der Waals surface area (Å²) in [4.78, 5) is 34.7. The van der Waals surface area contributed by atoms with Crippen LogP contribution in [0, 0.1) is 37.3 Å². The summed E-state index contributed by atoms with van der Waals surface area (Å²) in [6, 6.07) is 2.43. The highest BCUT2D eigenvalue weighted by Gasteiger charge is 2.42. The number of aromatic nitrogens is 1. The van der Waals surface area contributed by atoms with Crippen molar-refractivity contribution < 1.29 is 36.3 Å². The molecular weight excluding hydrogens is 523 g/mol. The molecule has 2 aromatic rings. The fourth-order valence-corrected chi connectivity index (χ4v) is 4.52. The largest absolute Gasteiger partial charge is 0.416 e. The van der Waals surface area contributed by atoms with Crippen molar-refractivity contribution >= 4 is 23.3 Å². The molecule has 7 nitrogen and oxygen atoms in total. The molecule has 0 bridgehead atoms. The fourth-order valence-electron chi connectivity index (χ4n) is 4.52. The van der Waals surface area contributed by atoms with Crippen LogP contribution < -0.4 is 9.80 Å². The molecule has 2 aliphatic rings. The number of pyridine rings is 1. The van der Waals surface area contributed by atoms with Crippen LogP contribution in [0.4, 0.5) is 33.5 Å². The van der Waals surface area contributed by atoms with Crippen LogP contribution in [-0.2, 0) is 20.5 Å². The molecule has 1 atom stereocenters. The Balaban J connectivity index is 1.67. The van der Waals surface area contributed by atoms with E-state index in [-0.39, 0.29) is 42.1 Å². The number of alkyl halides is 3. The second kappa shape index (κ2) is 11.7. The van der Waals surface area contributed by atoms with Crippen LogP contribution in [0.25, 0.3) is 0 Å².